The molecule has 0 saturated heterocycles. The fourth-order valence-electron chi connectivity index (χ4n) is 0.850. The lowest BCUT2D eigenvalue weighted by Crippen LogP contribution is -2.22. The van der Waals surface area contributed by atoms with Crippen LogP contribution in [0.15, 0.2) is 18.3 Å². The Hall–Kier alpha value is -1.62. The van der Waals surface area contributed by atoms with Crippen molar-refractivity contribution < 1.29 is 9.53 Å². The predicted octanol–water partition coefficient (Wildman–Crippen LogP) is -0.0126. The first-order valence-corrected chi connectivity index (χ1v) is 3.77. The third-order valence-electron chi connectivity index (χ3n) is 1.42. The van der Waals surface area contributed by atoms with E-state index in [9.17, 15) is 4.79 Å². The van der Waals surface area contributed by atoms with E-state index in [0.29, 0.717) is 11.6 Å². The number of methoxy groups -OCH3 is 1. The fraction of sp³-hybridized carbons (Fsp3) is 0.250. The number of anilines is 1. The summed E-state index contributed by atoms with van der Waals surface area (Å²) in [5.41, 5.74) is 5.67. The highest BCUT2D eigenvalue weighted by molar-refractivity contribution is 5.93. The first-order chi connectivity index (χ1) is 6.27. The quantitative estimate of drug-likeness (QED) is 0.687. The molecule has 13 heavy (non-hydrogen) atoms. The summed E-state index contributed by atoms with van der Waals surface area (Å²) in [5.74, 6) is 0.107. The fourth-order valence-corrected chi connectivity index (χ4v) is 0.850. The number of hydrogen-bond donors (Lipinski definition) is 2. The van der Waals surface area contributed by atoms with Crippen LogP contribution in [-0.2, 0) is 4.79 Å². The molecule has 1 aromatic rings. The molecule has 0 bridgehead atoms. The highest BCUT2D eigenvalue weighted by atomic mass is 16.5. The Morgan fingerprint density at radius 1 is 1.77 bits per heavy atom. The van der Waals surface area contributed by atoms with Gasteiger partial charge in [0.1, 0.15) is 5.69 Å². The second-order valence-corrected chi connectivity index (χ2v) is 2.31. The Labute approximate surface area is 75.9 Å². The molecule has 3 N–H and O–H groups in total. The average Bonchev–Trinajstić information content (AvgIpc) is 2.18. The van der Waals surface area contributed by atoms with Crippen LogP contribution in [0.25, 0.3) is 0 Å². The number of ether oxygens (including phenoxy) is 1. The van der Waals surface area contributed by atoms with Gasteiger partial charge in [-0.15, -0.1) is 0 Å². The average molecular weight is 181 g/mol. The van der Waals surface area contributed by atoms with Crippen molar-refractivity contribution in [1.82, 2.24) is 4.98 Å². The summed E-state index contributed by atoms with van der Waals surface area (Å²) in [6.45, 7) is -0.0575. The highest BCUT2D eigenvalue weighted by Gasteiger charge is 2.05. The van der Waals surface area contributed by atoms with Crippen molar-refractivity contribution in [1.29, 1.82) is 0 Å². The van der Waals surface area contributed by atoms with E-state index in [1.165, 1.54) is 7.11 Å². The van der Waals surface area contributed by atoms with E-state index in [4.69, 9.17) is 10.5 Å². The zero-order valence-electron chi connectivity index (χ0n) is 7.28. The van der Waals surface area contributed by atoms with Gasteiger partial charge < -0.3 is 15.8 Å². The van der Waals surface area contributed by atoms with Crippen LogP contribution in [0.1, 0.15) is 0 Å². The van der Waals surface area contributed by atoms with Gasteiger partial charge >= 0.3 is 0 Å². The van der Waals surface area contributed by atoms with Crippen LogP contribution in [0.2, 0.25) is 0 Å². The minimum Gasteiger partial charge on any atom is -0.480 e. The molecule has 1 aromatic heterocycles. The van der Waals surface area contributed by atoms with Gasteiger partial charge in [-0.1, -0.05) is 0 Å². The minimum atomic E-state index is -0.272. The molecule has 0 spiro atoms. The summed E-state index contributed by atoms with van der Waals surface area (Å²) < 4.78 is 4.92. The summed E-state index contributed by atoms with van der Waals surface area (Å²) >= 11 is 0. The zero-order valence-corrected chi connectivity index (χ0v) is 7.28. The van der Waals surface area contributed by atoms with Crippen molar-refractivity contribution in [3.05, 3.63) is 18.3 Å². The molecule has 0 aliphatic rings. The molecule has 5 heteroatoms. The highest BCUT2D eigenvalue weighted by Crippen LogP contribution is 2.19. The molecular formula is C8H11N3O2. The number of pyridine rings is 1. The number of carbonyl (C=O) groups is 1. The topological polar surface area (TPSA) is 77.2 Å². The van der Waals surface area contributed by atoms with Crippen LogP contribution in [0.3, 0.4) is 0 Å². The van der Waals surface area contributed by atoms with Crippen LogP contribution >= 0.6 is 0 Å². The van der Waals surface area contributed by atoms with Crippen LogP contribution in [0.4, 0.5) is 5.69 Å². The van der Waals surface area contributed by atoms with Gasteiger partial charge in [-0.2, -0.15) is 0 Å². The lowest BCUT2D eigenvalue weighted by Gasteiger charge is -2.06. The van der Waals surface area contributed by atoms with Crippen LogP contribution in [0, 0.1) is 0 Å². The number of rotatable bonds is 3. The maximum Gasteiger partial charge on any atom is 0.238 e. The van der Waals surface area contributed by atoms with Crippen molar-refractivity contribution >= 4 is 11.6 Å². The number of nitrogens with zero attached hydrogens (tertiary/aromatic N) is 1. The Kier molecular flexibility index (Phi) is 3.22. The summed E-state index contributed by atoms with van der Waals surface area (Å²) in [4.78, 5) is 14.8. The van der Waals surface area contributed by atoms with Gasteiger partial charge in [0.25, 0.3) is 0 Å². The normalized spacial score (nSPS) is 9.38. The van der Waals surface area contributed by atoms with E-state index >= 15 is 0 Å². The van der Waals surface area contributed by atoms with Crippen LogP contribution in [0.5, 0.6) is 5.88 Å². The maximum absolute atomic E-state index is 10.9. The Morgan fingerprint density at radius 3 is 3.15 bits per heavy atom. The van der Waals surface area contributed by atoms with Crippen molar-refractivity contribution in [3.8, 4) is 5.88 Å². The second-order valence-electron chi connectivity index (χ2n) is 2.31. The second kappa shape index (κ2) is 4.42. The number of amides is 1. The van der Waals surface area contributed by atoms with E-state index in [2.05, 4.69) is 10.3 Å². The lowest BCUT2D eigenvalue weighted by molar-refractivity contribution is -0.114. The molecule has 0 aromatic carbocycles. The van der Waals surface area contributed by atoms with Crippen LogP contribution < -0.4 is 15.8 Å². The van der Waals surface area contributed by atoms with Crippen molar-refractivity contribution in [2.45, 2.75) is 0 Å². The number of nitrogens with two attached hydrogens (primary N) is 1. The third-order valence-corrected chi connectivity index (χ3v) is 1.42. The number of nitrogens with one attached hydrogen (secondary N) is 1. The van der Waals surface area contributed by atoms with Gasteiger partial charge in [0.2, 0.25) is 11.8 Å². The molecule has 0 atom stereocenters. The molecule has 1 rings (SSSR count). The number of aromatic nitrogens is 1. The molecule has 0 aliphatic heterocycles. The van der Waals surface area contributed by atoms with Crippen molar-refractivity contribution in [2.75, 3.05) is 19.0 Å². The van der Waals surface area contributed by atoms with Gasteiger partial charge in [0, 0.05) is 6.20 Å². The van der Waals surface area contributed by atoms with Crippen molar-refractivity contribution in [2.24, 2.45) is 5.73 Å². The third kappa shape index (κ3) is 2.41. The molecule has 0 fully saturated rings. The smallest absolute Gasteiger partial charge is 0.238 e. The predicted molar refractivity (Wildman–Crippen MR) is 48.5 cm³/mol. The monoisotopic (exact) mass is 181 g/mol. The molecule has 0 unspecified atom stereocenters. The molecule has 1 heterocycles. The van der Waals surface area contributed by atoms with Gasteiger partial charge in [0.15, 0.2) is 0 Å². The zero-order chi connectivity index (χ0) is 9.68. The first kappa shape index (κ1) is 9.47. The van der Waals surface area contributed by atoms with Crippen molar-refractivity contribution in [3.63, 3.8) is 0 Å². The number of hydrogen-bond acceptors (Lipinski definition) is 4. The van der Waals surface area contributed by atoms with E-state index in [-0.39, 0.29) is 12.5 Å². The Bertz CT molecular complexity index is 301. The molecule has 0 radical (unpaired) electrons. The summed E-state index contributed by atoms with van der Waals surface area (Å²) in [6.07, 6.45) is 1.58. The first-order valence-electron chi connectivity index (χ1n) is 3.77. The van der Waals surface area contributed by atoms with Gasteiger partial charge in [0.05, 0.1) is 13.7 Å². The van der Waals surface area contributed by atoms with Gasteiger partial charge in [-0.3, -0.25) is 4.79 Å². The Balaban J connectivity index is 2.81. The SMILES string of the molecule is COc1ncccc1NC(=O)CN. The number of carbonyl (C=O) groups excluding carboxylic acids is 1. The Morgan fingerprint density at radius 2 is 2.54 bits per heavy atom. The van der Waals surface area contributed by atoms with E-state index in [1.54, 1.807) is 18.3 Å². The molecular weight excluding hydrogens is 170 g/mol. The maximum atomic E-state index is 10.9. The standard InChI is InChI=1S/C8H11N3O2/c1-13-8-6(3-2-4-10-8)11-7(12)5-9/h2-4H,5,9H2,1H3,(H,11,12). The van der Waals surface area contributed by atoms with E-state index in [0.717, 1.165) is 0 Å². The molecule has 0 saturated carbocycles. The summed E-state index contributed by atoms with van der Waals surface area (Å²) in [5, 5.41) is 2.56. The summed E-state index contributed by atoms with van der Waals surface area (Å²) in [7, 11) is 1.49. The summed E-state index contributed by atoms with van der Waals surface area (Å²) in [6, 6.07) is 3.40. The molecule has 5 nitrogen and oxygen atoms in total. The molecule has 70 valence electrons. The van der Waals surface area contributed by atoms with E-state index < -0.39 is 0 Å². The minimum absolute atomic E-state index is 0.0575. The lowest BCUT2D eigenvalue weighted by atomic mass is 10.4. The molecule has 0 aliphatic carbocycles. The van der Waals surface area contributed by atoms with Crippen LogP contribution in [-0.4, -0.2) is 24.5 Å². The van der Waals surface area contributed by atoms with Gasteiger partial charge in [-0.05, 0) is 12.1 Å². The van der Waals surface area contributed by atoms with E-state index in [1.807, 2.05) is 0 Å². The van der Waals surface area contributed by atoms with Gasteiger partial charge in [-0.25, -0.2) is 4.98 Å². The molecule has 1 amide bonds. The largest absolute Gasteiger partial charge is 0.480 e.